The summed E-state index contributed by atoms with van der Waals surface area (Å²) in [5.74, 6) is -0.188. The number of hydrogen-bond acceptors (Lipinski definition) is 3. The SMILES string of the molecule is CC(=O)OC1CCCCC1n1ccnc1. The summed E-state index contributed by atoms with van der Waals surface area (Å²) in [5.41, 5.74) is 0. The van der Waals surface area contributed by atoms with Crippen molar-refractivity contribution in [3.05, 3.63) is 18.7 Å². The molecule has 4 heteroatoms. The molecule has 1 aromatic rings. The van der Waals surface area contributed by atoms with Crippen molar-refractivity contribution in [3.8, 4) is 0 Å². The first-order chi connectivity index (χ1) is 7.27. The molecule has 2 rings (SSSR count). The molecular formula is C11H16N2O2. The van der Waals surface area contributed by atoms with E-state index in [1.54, 1.807) is 12.5 Å². The van der Waals surface area contributed by atoms with Crippen LogP contribution in [0.3, 0.4) is 0 Å². The van der Waals surface area contributed by atoms with E-state index in [1.807, 2.05) is 10.8 Å². The van der Waals surface area contributed by atoms with Gasteiger partial charge in [-0.1, -0.05) is 6.42 Å². The smallest absolute Gasteiger partial charge is 0.302 e. The van der Waals surface area contributed by atoms with Crippen molar-refractivity contribution in [1.82, 2.24) is 9.55 Å². The first-order valence-electron chi connectivity index (χ1n) is 5.42. The number of rotatable bonds is 2. The van der Waals surface area contributed by atoms with Gasteiger partial charge in [0.25, 0.3) is 0 Å². The topological polar surface area (TPSA) is 44.1 Å². The quantitative estimate of drug-likeness (QED) is 0.697. The number of imidazole rings is 1. The Kier molecular flexibility index (Phi) is 3.04. The lowest BCUT2D eigenvalue weighted by Crippen LogP contribution is -2.31. The van der Waals surface area contributed by atoms with Crippen LogP contribution in [0.15, 0.2) is 18.7 Å². The van der Waals surface area contributed by atoms with Gasteiger partial charge < -0.3 is 9.30 Å². The molecule has 2 atom stereocenters. The van der Waals surface area contributed by atoms with Gasteiger partial charge in [0.15, 0.2) is 0 Å². The highest BCUT2D eigenvalue weighted by Gasteiger charge is 2.28. The van der Waals surface area contributed by atoms with E-state index in [-0.39, 0.29) is 18.1 Å². The van der Waals surface area contributed by atoms with E-state index in [4.69, 9.17) is 4.74 Å². The van der Waals surface area contributed by atoms with Crippen molar-refractivity contribution in [2.45, 2.75) is 44.8 Å². The summed E-state index contributed by atoms with van der Waals surface area (Å²) in [6, 6.07) is 0.269. The Bertz CT molecular complexity index is 321. The van der Waals surface area contributed by atoms with E-state index in [9.17, 15) is 4.79 Å². The second-order valence-electron chi connectivity index (χ2n) is 4.01. The van der Waals surface area contributed by atoms with Crippen LogP contribution in [0, 0.1) is 0 Å². The largest absolute Gasteiger partial charge is 0.460 e. The third-order valence-corrected chi connectivity index (χ3v) is 2.89. The maximum absolute atomic E-state index is 11.0. The fourth-order valence-corrected chi connectivity index (χ4v) is 2.23. The predicted octanol–water partition coefficient (Wildman–Crippen LogP) is 1.93. The Morgan fingerprint density at radius 1 is 1.47 bits per heavy atom. The average Bonchev–Trinajstić information content (AvgIpc) is 2.70. The maximum Gasteiger partial charge on any atom is 0.302 e. The van der Waals surface area contributed by atoms with Gasteiger partial charge in [-0.3, -0.25) is 4.79 Å². The normalized spacial score (nSPS) is 26.2. The van der Waals surface area contributed by atoms with Crippen molar-refractivity contribution >= 4 is 5.97 Å². The second-order valence-corrected chi connectivity index (χ2v) is 4.01. The van der Waals surface area contributed by atoms with E-state index in [0.29, 0.717) is 0 Å². The Hall–Kier alpha value is -1.32. The zero-order chi connectivity index (χ0) is 10.7. The van der Waals surface area contributed by atoms with Gasteiger partial charge in [0.05, 0.1) is 12.4 Å². The zero-order valence-electron chi connectivity index (χ0n) is 8.93. The number of esters is 1. The van der Waals surface area contributed by atoms with Gasteiger partial charge in [-0.2, -0.15) is 0 Å². The summed E-state index contributed by atoms with van der Waals surface area (Å²) in [7, 11) is 0. The van der Waals surface area contributed by atoms with Crippen molar-refractivity contribution < 1.29 is 9.53 Å². The van der Waals surface area contributed by atoms with E-state index in [2.05, 4.69) is 4.98 Å². The van der Waals surface area contributed by atoms with Gasteiger partial charge >= 0.3 is 5.97 Å². The minimum Gasteiger partial charge on any atom is -0.460 e. The highest BCUT2D eigenvalue weighted by atomic mass is 16.5. The first-order valence-corrected chi connectivity index (χ1v) is 5.42. The molecular weight excluding hydrogens is 192 g/mol. The molecule has 1 saturated carbocycles. The average molecular weight is 208 g/mol. The fourth-order valence-electron chi connectivity index (χ4n) is 2.23. The summed E-state index contributed by atoms with van der Waals surface area (Å²) in [6.45, 7) is 1.47. The molecule has 0 N–H and O–H groups in total. The number of carbonyl (C=O) groups is 1. The molecule has 0 amide bonds. The van der Waals surface area contributed by atoms with Gasteiger partial charge in [-0.25, -0.2) is 4.98 Å². The lowest BCUT2D eigenvalue weighted by atomic mass is 9.92. The maximum atomic E-state index is 11.0. The third-order valence-electron chi connectivity index (χ3n) is 2.89. The summed E-state index contributed by atoms with van der Waals surface area (Å²) >= 11 is 0. The minimum atomic E-state index is -0.188. The van der Waals surface area contributed by atoms with Gasteiger partial charge in [0.2, 0.25) is 0 Å². The predicted molar refractivity (Wildman–Crippen MR) is 55.3 cm³/mol. The highest BCUT2D eigenvalue weighted by molar-refractivity contribution is 5.66. The molecule has 1 aliphatic rings. The van der Waals surface area contributed by atoms with Gasteiger partial charge in [-0.15, -0.1) is 0 Å². The number of hydrogen-bond donors (Lipinski definition) is 0. The standard InChI is InChI=1S/C11H16N2O2/c1-9(14)15-11-5-3-2-4-10(11)13-7-6-12-8-13/h6-8,10-11H,2-5H2,1H3. The molecule has 1 aromatic heterocycles. The summed E-state index contributed by atoms with van der Waals surface area (Å²) in [5, 5.41) is 0. The van der Waals surface area contributed by atoms with Crippen molar-refractivity contribution in [3.63, 3.8) is 0 Å². The highest BCUT2D eigenvalue weighted by Crippen LogP contribution is 2.30. The molecule has 15 heavy (non-hydrogen) atoms. The molecule has 4 nitrogen and oxygen atoms in total. The number of aromatic nitrogens is 2. The Morgan fingerprint density at radius 3 is 2.93 bits per heavy atom. The van der Waals surface area contributed by atoms with Crippen LogP contribution in [0.5, 0.6) is 0 Å². The molecule has 2 unspecified atom stereocenters. The zero-order valence-corrected chi connectivity index (χ0v) is 8.93. The van der Waals surface area contributed by atoms with Gasteiger partial charge in [0.1, 0.15) is 6.10 Å². The summed E-state index contributed by atoms with van der Waals surface area (Å²) in [6.07, 6.45) is 9.88. The molecule has 0 aliphatic heterocycles. The van der Waals surface area contributed by atoms with Crippen LogP contribution in [-0.4, -0.2) is 21.6 Å². The third kappa shape index (κ3) is 2.37. The Labute approximate surface area is 89.3 Å². The van der Waals surface area contributed by atoms with Crippen molar-refractivity contribution in [1.29, 1.82) is 0 Å². The van der Waals surface area contributed by atoms with Crippen molar-refractivity contribution in [2.24, 2.45) is 0 Å². The molecule has 1 heterocycles. The van der Waals surface area contributed by atoms with Crippen LogP contribution in [0.2, 0.25) is 0 Å². The molecule has 82 valence electrons. The fraction of sp³-hybridized carbons (Fsp3) is 0.636. The molecule has 0 saturated heterocycles. The molecule has 0 bridgehead atoms. The van der Waals surface area contributed by atoms with Crippen LogP contribution in [-0.2, 0) is 9.53 Å². The minimum absolute atomic E-state index is 0.0189. The number of ether oxygens (including phenoxy) is 1. The van der Waals surface area contributed by atoms with Gasteiger partial charge in [-0.05, 0) is 19.3 Å². The molecule has 0 radical (unpaired) electrons. The van der Waals surface area contributed by atoms with Gasteiger partial charge in [0, 0.05) is 19.3 Å². The number of nitrogens with zero attached hydrogens (tertiary/aromatic N) is 2. The van der Waals surface area contributed by atoms with Crippen LogP contribution in [0.4, 0.5) is 0 Å². The van der Waals surface area contributed by atoms with E-state index >= 15 is 0 Å². The monoisotopic (exact) mass is 208 g/mol. The van der Waals surface area contributed by atoms with Crippen LogP contribution in [0.1, 0.15) is 38.6 Å². The second kappa shape index (κ2) is 4.47. The lowest BCUT2D eigenvalue weighted by molar-refractivity contribution is -0.150. The Balaban J connectivity index is 2.09. The Morgan fingerprint density at radius 2 is 2.27 bits per heavy atom. The number of carbonyl (C=O) groups excluding carboxylic acids is 1. The lowest BCUT2D eigenvalue weighted by Gasteiger charge is -2.31. The summed E-state index contributed by atoms with van der Waals surface area (Å²) in [4.78, 5) is 15.0. The van der Waals surface area contributed by atoms with Crippen molar-refractivity contribution in [2.75, 3.05) is 0 Å². The molecule has 0 aromatic carbocycles. The molecule has 1 aliphatic carbocycles. The van der Waals surface area contributed by atoms with E-state index < -0.39 is 0 Å². The van der Waals surface area contributed by atoms with Crippen LogP contribution >= 0.6 is 0 Å². The molecule has 0 spiro atoms. The van der Waals surface area contributed by atoms with Crippen LogP contribution < -0.4 is 0 Å². The van der Waals surface area contributed by atoms with Crippen LogP contribution in [0.25, 0.3) is 0 Å². The van der Waals surface area contributed by atoms with E-state index in [0.717, 1.165) is 19.3 Å². The van der Waals surface area contributed by atoms with E-state index in [1.165, 1.54) is 13.3 Å². The summed E-state index contributed by atoms with van der Waals surface area (Å²) < 4.78 is 7.39. The first kappa shape index (κ1) is 10.2. The molecule has 1 fully saturated rings.